The maximum atomic E-state index is 5.57. The van der Waals surface area contributed by atoms with Crippen LogP contribution in [0, 0.1) is 0 Å². The van der Waals surface area contributed by atoms with E-state index in [1.807, 2.05) is 65.8 Å². The Morgan fingerprint density at radius 2 is 1.38 bits per heavy atom. The molecule has 0 aliphatic rings. The molecule has 0 unspecified atom stereocenters. The van der Waals surface area contributed by atoms with Crippen molar-refractivity contribution >= 4 is 20.5 Å². The van der Waals surface area contributed by atoms with Crippen LogP contribution in [0.25, 0.3) is 6.08 Å². The molecule has 5 heteroatoms. The second kappa shape index (κ2) is 7.33. The van der Waals surface area contributed by atoms with Gasteiger partial charge in [0.2, 0.25) is 0 Å². The number of hydrogen-bond acceptors (Lipinski definition) is 4. The summed E-state index contributed by atoms with van der Waals surface area (Å²) in [5.74, 6) is 0. The molecular formula is C16H26O4Si. The molecule has 4 nitrogen and oxygen atoms in total. The zero-order valence-electron chi connectivity index (χ0n) is 13.8. The van der Waals surface area contributed by atoms with Gasteiger partial charge in [-0.15, -0.1) is 0 Å². The average molecular weight is 310 g/mol. The van der Waals surface area contributed by atoms with Crippen LogP contribution in [0.2, 0.25) is 0 Å². The molecule has 118 valence electrons. The van der Waals surface area contributed by atoms with Crippen molar-refractivity contribution in [2.24, 2.45) is 0 Å². The minimum atomic E-state index is -2.36. The molecule has 1 aromatic rings. The first-order chi connectivity index (χ1) is 9.62. The van der Waals surface area contributed by atoms with Crippen LogP contribution in [0.1, 0.15) is 47.1 Å². The molecule has 0 N–H and O–H groups in total. The Labute approximate surface area is 129 Å². The van der Waals surface area contributed by atoms with E-state index in [0.29, 0.717) is 0 Å². The molecule has 21 heavy (non-hydrogen) atoms. The van der Waals surface area contributed by atoms with Gasteiger partial charge in [-0.25, -0.2) is 18.9 Å². The summed E-state index contributed by atoms with van der Waals surface area (Å²) in [6.07, 6.45) is 1.77. The molecule has 0 atom stereocenters. The highest BCUT2D eigenvalue weighted by molar-refractivity contribution is 6.61. The first kappa shape index (κ1) is 18.1. The molecule has 0 fully saturated rings. The van der Waals surface area contributed by atoms with Crippen LogP contribution >= 0.6 is 0 Å². The predicted molar refractivity (Wildman–Crippen MR) is 87.2 cm³/mol. The van der Waals surface area contributed by atoms with Crippen LogP contribution in [0.4, 0.5) is 0 Å². The Kier molecular flexibility index (Phi) is 6.31. The van der Waals surface area contributed by atoms with Crippen LogP contribution in [0.15, 0.2) is 30.8 Å². The Morgan fingerprint density at radius 1 is 0.905 bits per heavy atom. The Morgan fingerprint density at radius 3 is 1.81 bits per heavy atom. The SMILES string of the molecule is C=Cc1ccccc1[SiH](OOC(C)(C)C)OOC(C)(C)C. The summed E-state index contributed by atoms with van der Waals surface area (Å²) in [6.45, 7) is 15.3. The van der Waals surface area contributed by atoms with Crippen molar-refractivity contribution in [3.8, 4) is 0 Å². The van der Waals surface area contributed by atoms with E-state index < -0.39 is 20.5 Å². The molecule has 0 aliphatic carbocycles. The van der Waals surface area contributed by atoms with Crippen molar-refractivity contribution in [1.82, 2.24) is 0 Å². The van der Waals surface area contributed by atoms with Crippen molar-refractivity contribution in [3.05, 3.63) is 36.4 Å². The third-order valence-electron chi connectivity index (χ3n) is 2.24. The highest BCUT2D eigenvalue weighted by Gasteiger charge is 2.27. The zero-order valence-corrected chi connectivity index (χ0v) is 15.0. The fourth-order valence-electron chi connectivity index (χ4n) is 1.41. The maximum Gasteiger partial charge on any atom is 0.426 e. The molecule has 0 aliphatic heterocycles. The molecule has 1 rings (SSSR count). The van der Waals surface area contributed by atoms with Gasteiger partial charge in [0.25, 0.3) is 0 Å². The normalized spacial score (nSPS) is 12.7. The van der Waals surface area contributed by atoms with Crippen LogP contribution in [-0.2, 0) is 18.9 Å². The maximum absolute atomic E-state index is 5.57. The summed E-state index contributed by atoms with van der Waals surface area (Å²) >= 11 is 0. The van der Waals surface area contributed by atoms with Gasteiger partial charge >= 0.3 is 9.28 Å². The number of benzene rings is 1. The predicted octanol–water partition coefficient (Wildman–Crippen LogP) is 3.25. The lowest BCUT2D eigenvalue weighted by molar-refractivity contribution is -0.337. The van der Waals surface area contributed by atoms with Crippen LogP contribution in [-0.4, -0.2) is 20.5 Å². The van der Waals surface area contributed by atoms with Crippen molar-refractivity contribution < 1.29 is 18.9 Å². The summed E-state index contributed by atoms with van der Waals surface area (Å²) in [5, 5.41) is 0.931. The van der Waals surface area contributed by atoms with Gasteiger partial charge in [0, 0.05) is 5.19 Å². The topological polar surface area (TPSA) is 36.9 Å². The van der Waals surface area contributed by atoms with Gasteiger partial charge in [0.1, 0.15) is 0 Å². The van der Waals surface area contributed by atoms with Crippen molar-refractivity contribution in [1.29, 1.82) is 0 Å². The molecule has 0 spiro atoms. The molecule has 0 heterocycles. The van der Waals surface area contributed by atoms with Gasteiger partial charge in [-0.05, 0) is 47.1 Å². The second-order valence-corrected chi connectivity index (χ2v) is 8.42. The number of rotatable bonds is 6. The number of hydrogen-bond donors (Lipinski definition) is 0. The minimum Gasteiger partial charge on any atom is -0.246 e. The van der Waals surface area contributed by atoms with Gasteiger partial charge in [0.05, 0.1) is 11.2 Å². The molecule has 0 saturated carbocycles. The third-order valence-corrected chi connectivity index (χ3v) is 3.82. The standard InChI is InChI=1S/C16H26O4Si/c1-8-13-11-9-10-12-14(13)21(19-17-15(2,3)4)20-18-16(5,6)7/h8-12,21H,1H2,2-7H3. The first-order valence-corrected chi connectivity index (χ1v) is 8.55. The smallest absolute Gasteiger partial charge is 0.246 e. The van der Waals surface area contributed by atoms with Crippen LogP contribution < -0.4 is 5.19 Å². The third kappa shape index (κ3) is 7.02. The fourth-order valence-corrected chi connectivity index (χ4v) is 3.15. The monoisotopic (exact) mass is 310 g/mol. The first-order valence-electron chi connectivity index (χ1n) is 7.03. The quantitative estimate of drug-likeness (QED) is 0.459. The van der Waals surface area contributed by atoms with Crippen molar-refractivity contribution in [2.45, 2.75) is 52.7 Å². The van der Waals surface area contributed by atoms with Gasteiger partial charge in [-0.1, -0.05) is 36.9 Å². The Hall–Kier alpha value is -0.983. The summed E-state index contributed by atoms with van der Waals surface area (Å²) in [5.41, 5.74) is 0.128. The zero-order chi connectivity index (χ0) is 16.1. The van der Waals surface area contributed by atoms with Gasteiger partial charge in [-0.3, -0.25) is 0 Å². The van der Waals surface area contributed by atoms with Gasteiger partial charge in [-0.2, -0.15) is 0 Å². The molecule has 0 radical (unpaired) electrons. The van der Waals surface area contributed by atoms with Crippen LogP contribution in [0.3, 0.4) is 0 Å². The van der Waals surface area contributed by atoms with E-state index in [4.69, 9.17) is 18.9 Å². The summed E-state index contributed by atoms with van der Waals surface area (Å²) in [4.78, 5) is 10.9. The van der Waals surface area contributed by atoms with E-state index >= 15 is 0 Å². The highest BCUT2D eigenvalue weighted by Crippen LogP contribution is 2.13. The van der Waals surface area contributed by atoms with Gasteiger partial charge in [0.15, 0.2) is 0 Å². The summed E-state index contributed by atoms with van der Waals surface area (Å²) < 4.78 is 11.1. The van der Waals surface area contributed by atoms with Crippen LogP contribution in [0.5, 0.6) is 0 Å². The van der Waals surface area contributed by atoms with E-state index in [1.54, 1.807) is 6.08 Å². The van der Waals surface area contributed by atoms with E-state index in [0.717, 1.165) is 10.8 Å². The molecule has 0 saturated heterocycles. The Balaban J connectivity index is 2.92. The van der Waals surface area contributed by atoms with E-state index in [1.165, 1.54) is 0 Å². The van der Waals surface area contributed by atoms with E-state index in [2.05, 4.69) is 6.58 Å². The fraction of sp³-hybridized carbons (Fsp3) is 0.500. The molecular weight excluding hydrogens is 284 g/mol. The average Bonchev–Trinajstić information content (AvgIpc) is 2.36. The summed E-state index contributed by atoms with van der Waals surface area (Å²) in [6, 6.07) is 7.79. The van der Waals surface area contributed by atoms with E-state index in [9.17, 15) is 0 Å². The molecule has 0 aromatic heterocycles. The molecule has 0 bridgehead atoms. The lowest BCUT2D eigenvalue weighted by atomic mass is 10.2. The highest BCUT2D eigenvalue weighted by atomic mass is 28.3. The lowest BCUT2D eigenvalue weighted by Gasteiger charge is -2.25. The molecule has 0 amide bonds. The second-order valence-electron chi connectivity index (χ2n) is 6.75. The van der Waals surface area contributed by atoms with Crippen molar-refractivity contribution in [2.75, 3.05) is 0 Å². The lowest BCUT2D eigenvalue weighted by Crippen LogP contribution is -2.42. The molecule has 1 aromatic carbocycles. The Bertz CT molecular complexity index is 442. The minimum absolute atomic E-state index is 0.417. The van der Waals surface area contributed by atoms with Crippen molar-refractivity contribution in [3.63, 3.8) is 0 Å². The van der Waals surface area contributed by atoms with E-state index in [-0.39, 0.29) is 0 Å². The largest absolute Gasteiger partial charge is 0.426 e. The van der Waals surface area contributed by atoms with Gasteiger partial charge < -0.3 is 0 Å². The summed E-state index contributed by atoms with van der Waals surface area (Å²) in [7, 11) is -2.36.